The molecular weight excluding hydrogens is 585 g/mol. The summed E-state index contributed by atoms with van der Waals surface area (Å²) < 4.78 is 32.8. The molecule has 46 heavy (non-hydrogen) atoms. The molecule has 246 valence electrons. The number of β-amino-alcohol motifs (C(OH)–C–C–N with tert-alkyl or cyclic N) is 1. The smallest absolute Gasteiger partial charge is 0.318 e. The minimum Gasteiger partial charge on any atom is -0.467 e. The van der Waals surface area contributed by atoms with Crippen LogP contribution in [0.25, 0.3) is 10.8 Å². The average molecular weight is 632 g/mol. The van der Waals surface area contributed by atoms with Crippen LogP contribution in [0.15, 0.2) is 36.4 Å². The molecule has 10 heteroatoms. The number of fused-ring (bicyclic) bond motifs is 3. The Morgan fingerprint density at radius 1 is 1.04 bits per heavy atom. The molecule has 5 heterocycles. The maximum Gasteiger partial charge on any atom is 0.318 e. The maximum atomic E-state index is 15.2. The summed E-state index contributed by atoms with van der Waals surface area (Å²) in [6.07, 6.45) is 6.12. The van der Waals surface area contributed by atoms with E-state index in [0.717, 1.165) is 85.3 Å². The molecule has 0 bridgehead atoms. The summed E-state index contributed by atoms with van der Waals surface area (Å²) in [6, 6.07) is 7.68. The second-order valence-corrected chi connectivity index (χ2v) is 13.9. The molecule has 3 saturated heterocycles. The molecular formula is C36H46FN5O4. The van der Waals surface area contributed by atoms with Crippen LogP contribution in [0.4, 0.5) is 15.9 Å². The first-order valence-corrected chi connectivity index (χ1v) is 16.7. The van der Waals surface area contributed by atoms with Crippen molar-refractivity contribution in [1.82, 2.24) is 14.9 Å². The van der Waals surface area contributed by atoms with Crippen molar-refractivity contribution in [3.63, 3.8) is 0 Å². The van der Waals surface area contributed by atoms with Gasteiger partial charge in [-0.1, -0.05) is 25.1 Å². The first kappa shape index (κ1) is 31.1. The highest BCUT2D eigenvalue weighted by Crippen LogP contribution is 2.42. The zero-order valence-electron chi connectivity index (χ0n) is 27.4. The number of benzene rings is 2. The second-order valence-electron chi connectivity index (χ2n) is 13.9. The van der Waals surface area contributed by atoms with Crippen LogP contribution >= 0.6 is 0 Å². The van der Waals surface area contributed by atoms with Crippen LogP contribution < -0.4 is 19.3 Å². The molecule has 9 nitrogen and oxygen atoms in total. The summed E-state index contributed by atoms with van der Waals surface area (Å²) in [6.45, 7) is 13.4. The van der Waals surface area contributed by atoms with E-state index in [1.165, 1.54) is 11.6 Å². The van der Waals surface area contributed by atoms with E-state index in [-0.39, 0.29) is 18.1 Å². The highest BCUT2D eigenvalue weighted by atomic mass is 19.1. The van der Waals surface area contributed by atoms with E-state index < -0.39 is 5.60 Å². The van der Waals surface area contributed by atoms with Gasteiger partial charge in [-0.05, 0) is 81.5 Å². The van der Waals surface area contributed by atoms with E-state index in [2.05, 4.69) is 21.3 Å². The number of aromatic nitrogens is 2. The van der Waals surface area contributed by atoms with Crippen molar-refractivity contribution < 1.29 is 23.7 Å². The van der Waals surface area contributed by atoms with E-state index in [1.54, 1.807) is 7.11 Å². The third-order valence-corrected chi connectivity index (χ3v) is 10.4. The molecule has 3 aromatic rings. The van der Waals surface area contributed by atoms with Gasteiger partial charge < -0.3 is 29.1 Å². The normalized spacial score (nSPS) is 24.8. The molecule has 3 fully saturated rings. The minimum absolute atomic E-state index is 0.0421. The molecule has 0 saturated carbocycles. The molecule has 4 aliphatic heterocycles. The fourth-order valence-corrected chi connectivity index (χ4v) is 8.24. The van der Waals surface area contributed by atoms with E-state index in [4.69, 9.17) is 24.2 Å². The monoisotopic (exact) mass is 631 g/mol. The van der Waals surface area contributed by atoms with Crippen LogP contribution in [0.1, 0.15) is 62.8 Å². The number of anilines is 2. The third-order valence-electron chi connectivity index (χ3n) is 10.4. The van der Waals surface area contributed by atoms with Crippen LogP contribution in [-0.4, -0.2) is 84.3 Å². The average Bonchev–Trinajstić information content (AvgIpc) is 3.57. The van der Waals surface area contributed by atoms with Gasteiger partial charge in [-0.25, -0.2) is 4.39 Å². The Bertz CT molecular complexity index is 1650. The number of nitrogens with zero attached hydrogens (tertiary/aromatic N) is 5. The molecule has 0 radical (unpaired) electrons. The summed E-state index contributed by atoms with van der Waals surface area (Å²) >= 11 is 0. The van der Waals surface area contributed by atoms with Crippen molar-refractivity contribution in [3.8, 4) is 11.8 Å². The summed E-state index contributed by atoms with van der Waals surface area (Å²) in [5, 5.41) is 12.8. The standard InChI is InChI=1S/C36H46FN5O4/c1-5-27-29(37)9-8-25-16-26(46-23-44-4)17-31(32(25)27)40-15-10-28-30(20-40)38-34(39-33(28)41-13-6-11-35(3,43)21-41)45-22-36-12-7-14-42(36)19-24(2)18-36/h8-9,16-17,43H,2,5-7,10-15,18-23H2,1,3-4H3/t35-,36?/m1/s1. The van der Waals surface area contributed by atoms with E-state index >= 15 is 4.39 Å². The molecule has 1 aromatic heterocycles. The number of rotatable bonds is 9. The summed E-state index contributed by atoms with van der Waals surface area (Å²) in [5.74, 6) is 1.33. The van der Waals surface area contributed by atoms with Crippen molar-refractivity contribution in [2.75, 3.05) is 63.0 Å². The zero-order chi connectivity index (χ0) is 32.1. The van der Waals surface area contributed by atoms with Crippen molar-refractivity contribution in [1.29, 1.82) is 0 Å². The molecule has 2 aromatic carbocycles. The van der Waals surface area contributed by atoms with Gasteiger partial charge >= 0.3 is 6.01 Å². The van der Waals surface area contributed by atoms with Crippen LogP contribution in [0, 0.1) is 5.82 Å². The lowest BCUT2D eigenvalue weighted by Crippen LogP contribution is -2.47. The molecule has 0 aliphatic carbocycles. The van der Waals surface area contributed by atoms with Crippen LogP contribution in [-0.2, 0) is 24.1 Å². The zero-order valence-corrected chi connectivity index (χ0v) is 27.4. The quantitative estimate of drug-likeness (QED) is 0.247. The Morgan fingerprint density at radius 3 is 2.70 bits per heavy atom. The first-order chi connectivity index (χ1) is 22.2. The molecule has 1 N–H and O–H groups in total. The van der Waals surface area contributed by atoms with E-state index in [1.807, 2.05) is 32.0 Å². The van der Waals surface area contributed by atoms with E-state index in [9.17, 15) is 5.11 Å². The van der Waals surface area contributed by atoms with Gasteiger partial charge in [0.15, 0.2) is 6.79 Å². The Kier molecular flexibility index (Phi) is 8.32. The number of ether oxygens (including phenoxy) is 3. The summed E-state index contributed by atoms with van der Waals surface area (Å²) in [4.78, 5) is 17.1. The highest BCUT2D eigenvalue weighted by Gasteiger charge is 2.46. The predicted molar refractivity (Wildman–Crippen MR) is 177 cm³/mol. The lowest BCUT2D eigenvalue weighted by Gasteiger charge is -2.40. The fraction of sp³-hybridized carbons (Fsp3) is 0.556. The lowest BCUT2D eigenvalue weighted by molar-refractivity contribution is 0.0445. The van der Waals surface area contributed by atoms with Gasteiger partial charge in [0.2, 0.25) is 0 Å². The number of hydrogen-bond donors (Lipinski definition) is 1. The topological polar surface area (TPSA) is 83.4 Å². The number of methoxy groups -OCH3 is 1. The van der Waals surface area contributed by atoms with Crippen molar-refractivity contribution in [3.05, 3.63) is 59.1 Å². The Hall–Kier alpha value is -3.47. The van der Waals surface area contributed by atoms with Gasteiger partial charge in [-0.15, -0.1) is 0 Å². The Balaban J connectivity index is 1.27. The van der Waals surface area contributed by atoms with Gasteiger partial charge in [0.25, 0.3) is 0 Å². The van der Waals surface area contributed by atoms with Gasteiger partial charge in [-0.2, -0.15) is 9.97 Å². The summed E-state index contributed by atoms with van der Waals surface area (Å²) in [7, 11) is 1.60. The predicted octanol–water partition coefficient (Wildman–Crippen LogP) is 5.40. The fourth-order valence-electron chi connectivity index (χ4n) is 8.24. The lowest BCUT2D eigenvalue weighted by atomic mass is 9.94. The number of hydrogen-bond acceptors (Lipinski definition) is 9. The van der Waals surface area contributed by atoms with Crippen molar-refractivity contribution in [2.24, 2.45) is 0 Å². The first-order valence-electron chi connectivity index (χ1n) is 16.7. The summed E-state index contributed by atoms with van der Waals surface area (Å²) in [5.41, 5.74) is 4.03. The molecule has 7 rings (SSSR count). The van der Waals surface area contributed by atoms with Gasteiger partial charge in [0, 0.05) is 56.0 Å². The van der Waals surface area contributed by atoms with Crippen LogP contribution in [0.5, 0.6) is 11.8 Å². The molecule has 4 aliphatic rings. The van der Waals surface area contributed by atoms with E-state index in [0.29, 0.717) is 56.4 Å². The second kappa shape index (κ2) is 12.3. The van der Waals surface area contributed by atoms with Gasteiger partial charge in [0.05, 0.1) is 23.4 Å². The van der Waals surface area contributed by atoms with Gasteiger partial charge in [0.1, 0.15) is 24.0 Å². The van der Waals surface area contributed by atoms with Gasteiger partial charge in [-0.3, -0.25) is 4.90 Å². The van der Waals surface area contributed by atoms with Crippen molar-refractivity contribution >= 4 is 22.3 Å². The van der Waals surface area contributed by atoms with Crippen LogP contribution in [0.2, 0.25) is 0 Å². The SMILES string of the molecule is C=C1CN2CCCC2(COc2nc3c(c(N4CCC[C@@](C)(O)C4)n2)CCN(c2cc(OCOC)cc4ccc(F)c(CC)c24)C3)C1. The number of aryl methyl sites for hydroxylation is 1. The number of halogens is 1. The number of piperidine rings is 1. The molecule has 1 unspecified atom stereocenters. The maximum absolute atomic E-state index is 15.2. The number of aliphatic hydroxyl groups is 1. The van der Waals surface area contributed by atoms with Crippen LogP contribution in [0.3, 0.4) is 0 Å². The highest BCUT2D eigenvalue weighted by molar-refractivity contribution is 5.98. The largest absolute Gasteiger partial charge is 0.467 e. The minimum atomic E-state index is -0.784. The molecule has 2 atom stereocenters. The van der Waals surface area contributed by atoms with Crippen molar-refractivity contribution in [2.45, 2.75) is 76.5 Å². The Morgan fingerprint density at radius 2 is 1.89 bits per heavy atom. The Labute approximate surface area is 271 Å². The molecule has 0 amide bonds. The molecule has 0 spiro atoms. The third kappa shape index (κ3) is 5.80.